The highest BCUT2D eigenvalue weighted by atomic mass is 16.5. The Balaban J connectivity index is 2.50. The van der Waals surface area contributed by atoms with Crippen LogP contribution in [-0.2, 0) is 0 Å². The third-order valence-corrected chi connectivity index (χ3v) is 3.91. The van der Waals surface area contributed by atoms with Gasteiger partial charge in [-0.3, -0.25) is 9.69 Å². The molecule has 0 aliphatic heterocycles. The minimum atomic E-state index is 0.208. The number of hydrogen-bond acceptors (Lipinski definition) is 4. The molecule has 0 bridgehead atoms. The number of rotatable bonds is 7. The summed E-state index contributed by atoms with van der Waals surface area (Å²) in [7, 11) is 6.16. The predicted molar refractivity (Wildman–Crippen MR) is 108 cm³/mol. The third kappa shape index (κ3) is 4.63. The Bertz CT molecular complexity index is 952. The van der Waals surface area contributed by atoms with Crippen LogP contribution in [0.25, 0.3) is 21.8 Å². The molecule has 6 heteroatoms. The van der Waals surface area contributed by atoms with Crippen LogP contribution >= 0.6 is 0 Å². The molecule has 0 N–H and O–H groups in total. The summed E-state index contributed by atoms with van der Waals surface area (Å²) in [6.07, 6.45) is 3.28. The van der Waals surface area contributed by atoms with Crippen molar-refractivity contribution in [3.05, 3.63) is 81.8 Å². The van der Waals surface area contributed by atoms with E-state index in [9.17, 15) is 0 Å². The van der Waals surface area contributed by atoms with Crippen LogP contribution in [0.4, 0.5) is 0 Å². The fourth-order valence-electron chi connectivity index (χ4n) is 2.53. The van der Waals surface area contributed by atoms with Gasteiger partial charge in [-0.25, -0.2) is 0 Å². The molecule has 0 aliphatic rings. The lowest BCUT2D eigenvalue weighted by Crippen LogP contribution is -1.95. The zero-order chi connectivity index (χ0) is 20.5. The molecule has 0 heterocycles. The van der Waals surface area contributed by atoms with Crippen molar-refractivity contribution >= 4 is 12.2 Å². The van der Waals surface area contributed by atoms with Gasteiger partial charge in [-0.1, -0.05) is 24.3 Å². The standard InChI is InChI=1S/C22H20N2O4/c1-23-18(11-15-7-9-17(25-3)10-8-15)19(24-2)12-16-13-20(26-4)22(28-6)21(14-16)27-5/h7-14H,3-6H3/b18-11-,19-12-. The van der Waals surface area contributed by atoms with Crippen LogP contribution in [-0.4, -0.2) is 28.4 Å². The largest absolute Gasteiger partial charge is 0.497 e. The minimum Gasteiger partial charge on any atom is -0.497 e. The van der Waals surface area contributed by atoms with Crippen molar-refractivity contribution in [3.8, 4) is 23.0 Å². The van der Waals surface area contributed by atoms with Crippen LogP contribution in [0.1, 0.15) is 11.1 Å². The minimum absolute atomic E-state index is 0.208. The van der Waals surface area contributed by atoms with Crippen molar-refractivity contribution in [2.75, 3.05) is 28.4 Å². The molecule has 28 heavy (non-hydrogen) atoms. The normalized spacial score (nSPS) is 11.2. The first-order valence-electron chi connectivity index (χ1n) is 8.22. The highest BCUT2D eigenvalue weighted by molar-refractivity contribution is 5.72. The molecule has 0 radical (unpaired) electrons. The molecule has 0 saturated heterocycles. The van der Waals surface area contributed by atoms with Crippen LogP contribution in [0.15, 0.2) is 47.8 Å². The van der Waals surface area contributed by atoms with Crippen LogP contribution in [0, 0.1) is 13.1 Å². The molecule has 2 rings (SSSR count). The molecule has 0 atom stereocenters. The fraction of sp³-hybridized carbons (Fsp3) is 0.182. The molecule has 0 spiro atoms. The summed E-state index contributed by atoms with van der Waals surface area (Å²) in [5.41, 5.74) is 1.89. The summed E-state index contributed by atoms with van der Waals surface area (Å²) in [5, 5.41) is 0. The zero-order valence-electron chi connectivity index (χ0n) is 16.1. The first-order valence-corrected chi connectivity index (χ1v) is 8.22. The molecular weight excluding hydrogens is 356 g/mol. The van der Waals surface area contributed by atoms with Crippen LogP contribution in [0.3, 0.4) is 0 Å². The molecular formula is C22H20N2O4. The third-order valence-electron chi connectivity index (χ3n) is 3.91. The molecule has 2 aromatic rings. The highest BCUT2D eigenvalue weighted by Crippen LogP contribution is 2.39. The van der Waals surface area contributed by atoms with E-state index in [4.69, 9.17) is 32.1 Å². The van der Waals surface area contributed by atoms with Gasteiger partial charge in [0.1, 0.15) is 5.75 Å². The monoisotopic (exact) mass is 376 g/mol. The van der Waals surface area contributed by atoms with Crippen molar-refractivity contribution < 1.29 is 18.9 Å². The Morgan fingerprint density at radius 2 is 1.21 bits per heavy atom. The van der Waals surface area contributed by atoms with Crippen molar-refractivity contribution in [2.24, 2.45) is 0 Å². The van der Waals surface area contributed by atoms with Gasteiger partial charge in [0, 0.05) is 0 Å². The average Bonchev–Trinajstić information content (AvgIpc) is 2.75. The van der Waals surface area contributed by atoms with Gasteiger partial charge >= 0.3 is 0 Å². The smallest absolute Gasteiger partial charge is 0.203 e. The Morgan fingerprint density at radius 3 is 1.61 bits per heavy atom. The predicted octanol–water partition coefficient (Wildman–Crippen LogP) is 4.94. The molecule has 0 unspecified atom stereocenters. The van der Waals surface area contributed by atoms with E-state index in [2.05, 4.69) is 9.69 Å². The first-order chi connectivity index (χ1) is 13.6. The summed E-state index contributed by atoms with van der Waals surface area (Å²) in [5.74, 6) is 2.13. The highest BCUT2D eigenvalue weighted by Gasteiger charge is 2.14. The first kappa shape index (κ1) is 20.4. The number of ether oxygens (including phenoxy) is 4. The van der Waals surface area contributed by atoms with E-state index in [1.54, 1.807) is 43.5 Å². The van der Waals surface area contributed by atoms with Crippen LogP contribution < -0.4 is 18.9 Å². The van der Waals surface area contributed by atoms with Crippen molar-refractivity contribution in [2.45, 2.75) is 0 Å². The maximum absolute atomic E-state index is 7.51. The molecule has 0 aromatic heterocycles. The van der Waals surface area contributed by atoms with E-state index in [0.717, 1.165) is 11.3 Å². The lowest BCUT2D eigenvalue weighted by molar-refractivity contribution is 0.324. The molecule has 0 saturated carbocycles. The fourth-order valence-corrected chi connectivity index (χ4v) is 2.53. The number of benzene rings is 2. The van der Waals surface area contributed by atoms with Crippen LogP contribution in [0.2, 0.25) is 0 Å². The van der Waals surface area contributed by atoms with Gasteiger partial charge in [0.2, 0.25) is 5.75 Å². The van der Waals surface area contributed by atoms with Gasteiger partial charge in [-0.05, 0) is 35.4 Å². The Labute approximate surface area is 164 Å². The van der Waals surface area contributed by atoms with E-state index < -0.39 is 0 Å². The second-order valence-corrected chi connectivity index (χ2v) is 5.51. The molecule has 0 amide bonds. The van der Waals surface area contributed by atoms with Crippen LogP contribution in [0.5, 0.6) is 23.0 Å². The molecule has 0 fully saturated rings. The molecule has 142 valence electrons. The summed E-state index contributed by atoms with van der Waals surface area (Å²) >= 11 is 0. The number of nitrogens with zero attached hydrogens (tertiary/aromatic N) is 2. The molecule has 6 nitrogen and oxygen atoms in total. The van der Waals surface area contributed by atoms with E-state index in [0.29, 0.717) is 22.8 Å². The Morgan fingerprint density at radius 1 is 0.714 bits per heavy atom. The van der Waals surface area contributed by atoms with Gasteiger partial charge in [0.05, 0.1) is 41.6 Å². The summed E-state index contributed by atoms with van der Waals surface area (Å²) in [6.45, 7) is 15.0. The molecule has 2 aromatic carbocycles. The van der Waals surface area contributed by atoms with E-state index >= 15 is 0 Å². The van der Waals surface area contributed by atoms with Gasteiger partial charge in [0.25, 0.3) is 0 Å². The zero-order valence-corrected chi connectivity index (χ0v) is 16.1. The second kappa shape index (κ2) is 9.70. The topological polar surface area (TPSA) is 45.6 Å². The van der Waals surface area contributed by atoms with E-state index in [1.165, 1.54) is 21.3 Å². The maximum Gasteiger partial charge on any atom is 0.203 e. The summed E-state index contributed by atoms with van der Waals surface area (Å²) < 4.78 is 21.1. The SMILES string of the molecule is [C-]#[N+]C(=C\c1ccc(OC)cc1)/C(=C/c1cc(OC)c(OC)c(OC)c1)[N+]#[C-]. The van der Waals surface area contributed by atoms with Gasteiger partial charge in [-0.15, -0.1) is 0 Å². The van der Waals surface area contributed by atoms with Crippen molar-refractivity contribution in [3.63, 3.8) is 0 Å². The summed E-state index contributed by atoms with van der Waals surface area (Å²) in [6, 6.07) is 10.7. The second-order valence-electron chi connectivity index (χ2n) is 5.51. The number of methoxy groups -OCH3 is 4. The summed E-state index contributed by atoms with van der Waals surface area (Å²) in [4.78, 5) is 7.05. The van der Waals surface area contributed by atoms with E-state index in [-0.39, 0.29) is 11.4 Å². The number of hydrogen-bond donors (Lipinski definition) is 0. The molecule has 0 aliphatic carbocycles. The van der Waals surface area contributed by atoms with Crippen molar-refractivity contribution in [1.29, 1.82) is 0 Å². The van der Waals surface area contributed by atoms with E-state index in [1.807, 2.05) is 12.1 Å². The average molecular weight is 376 g/mol. The Kier molecular flexibility index (Phi) is 7.07. The lowest BCUT2D eigenvalue weighted by atomic mass is 10.1. The van der Waals surface area contributed by atoms with Crippen molar-refractivity contribution in [1.82, 2.24) is 0 Å². The van der Waals surface area contributed by atoms with Gasteiger partial charge in [-0.2, -0.15) is 0 Å². The Hall–Kier alpha value is -3.90. The van der Waals surface area contributed by atoms with Gasteiger partial charge in [0.15, 0.2) is 22.9 Å². The lowest BCUT2D eigenvalue weighted by Gasteiger charge is -2.13. The maximum atomic E-state index is 7.51. The van der Waals surface area contributed by atoms with Gasteiger partial charge < -0.3 is 18.9 Å². The quantitative estimate of drug-likeness (QED) is 0.507.